The van der Waals surface area contributed by atoms with Gasteiger partial charge >= 0.3 is 0 Å². The van der Waals surface area contributed by atoms with E-state index in [1.807, 2.05) is 35.7 Å². The molecule has 0 bridgehead atoms. The molecule has 0 N–H and O–H groups in total. The van der Waals surface area contributed by atoms with Gasteiger partial charge in [-0.1, -0.05) is 267 Å². The molecule has 0 heterocycles. The van der Waals surface area contributed by atoms with Crippen LogP contribution in [0.5, 0.6) is 0 Å². The Balaban J connectivity index is 0.752. The first-order chi connectivity index (χ1) is 49.1. The molecular weight excluding hydrogens is 1250 g/mol. The predicted octanol–water partition coefficient (Wildman–Crippen LogP) is 26.1. The highest BCUT2D eigenvalue weighted by atomic mass is 32.2. The molecule has 2 nitrogen and oxygen atoms in total. The Hall–Kier alpha value is -11.1. The molecule has 4 heteroatoms. The van der Waals surface area contributed by atoms with Gasteiger partial charge < -0.3 is 9.80 Å². The highest BCUT2D eigenvalue weighted by Gasteiger charge is 2.49. The molecule has 0 spiro atoms. The second kappa shape index (κ2) is 26.9. The van der Waals surface area contributed by atoms with Crippen LogP contribution in [-0.4, -0.2) is 0 Å². The molecule has 2 aliphatic rings. The van der Waals surface area contributed by atoms with Gasteiger partial charge in [-0.25, -0.2) is 0 Å². The van der Waals surface area contributed by atoms with Gasteiger partial charge in [-0.05, 0) is 236 Å². The normalized spacial score (nSPS) is 14.7. The molecule has 0 radical (unpaired) electrons. The maximum absolute atomic E-state index is 3.96. The molecule has 2 atom stereocenters. The largest absolute Gasteiger partial charge is 0.310 e. The molecule has 0 saturated carbocycles. The number of benzene rings is 14. The third-order valence-corrected chi connectivity index (χ3v) is 22.8. The van der Waals surface area contributed by atoms with E-state index in [1.54, 1.807) is 0 Å². The lowest BCUT2D eigenvalue weighted by Gasteiger charge is -2.36. The number of nitrogens with zero attached hydrogens (tertiary/aromatic N) is 2. The smallest absolute Gasteiger partial charge is 0.0716 e. The fraction of sp³-hybridized carbons (Fsp3) is 0.0833. The molecule has 0 aliphatic heterocycles. The van der Waals surface area contributed by atoms with Gasteiger partial charge in [-0.3, -0.25) is 0 Å². The number of rotatable bonds is 19. The molecule has 0 aromatic heterocycles. The number of para-hydroxylation sites is 2. The lowest BCUT2D eigenvalue weighted by molar-refractivity contribution is 0.758. The summed E-state index contributed by atoms with van der Waals surface area (Å²) in [5.74, 6) is 1.78. The van der Waals surface area contributed by atoms with Crippen LogP contribution >= 0.6 is 23.5 Å². The summed E-state index contributed by atoms with van der Waals surface area (Å²) < 4.78 is 0. The van der Waals surface area contributed by atoms with Gasteiger partial charge in [-0.15, -0.1) is 23.5 Å². The summed E-state index contributed by atoms with van der Waals surface area (Å²) in [6, 6.07) is 123. The standard InChI is InChI=1S/C96H76N2S2/c1-7-69-31-35-71(36-32-69)63-99-83-53-43-75(44-54-83)95(91-59-65(3)27-29-67(91)5)89-25-17-15-23-85(89)87-57-51-81(61-93(87)95)97(77-19-11-9-12-20-77)79-47-39-73(40-48-79)74-41-49-80(50-42-74)98(78-21-13-10-14-22-78)82-52-58-88-86-24-16-18-26-90(86)96(94(88)62-82,92-60-66(4)28-30-68(92)6)76-45-55-84(56-46-76)100-64-72-37-33-70(8-2)34-38-72/h7-62H,1-2,63-64H2,3-6H3. The van der Waals surface area contributed by atoms with E-state index >= 15 is 0 Å². The Morgan fingerprint density at radius 3 is 1.01 bits per heavy atom. The van der Waals surface area contributed by atoms with E-state index in [0.717, 1.165) is 67.9 Å². The summed E-state index contributed by atoms with van der Waals surface area (Å²) in [5, 5.41) is 0. The average molecular weight is 1320 g/mol. The Labute approximate surface area is 598 Å². The van der Waals surface area contributed by atoms with Crippen LogP contribution in [0.1, 0.15) is 89.0 Å². The van der Waals surface area contributed by atoms with Crippen molar-refractivity contribution in [1.82, 2.24) is 0 Å². The molecule has 0 amide bonds. The van der Waals surface area contributed by atoms with E-state index in [4.69, 9.17) is 0 Å². The van der Waals surface area contributed by atoms with Crippen molar-refractivity contribution in [2.24, 2.45) is 0 Å². The summed E-state index contributed by atoms with van der Waals surface area (Å²) in [7, 11) is 0. The molecule has 2 aliphatic carbocycles. The lowest BCUT2D eigenvalue weighted by Crippen LogP contribution is -2.30. The lowest BCUT2D eigenvalue weighted by atomic mass is 9.66. The Morgan fingerprint density at radius 1 is 0.290 bits per heavy atom. The number of thioether (sulfide) groups is 2. The molecule has 16 rings (SSSR count). The number of aryl methyl sites for hydroxylation is 4. The van der Waals surface area contributed by atoms with Crippen molar-refractivity contribution in [3.05, 3.63) is 430 Å². The van der Waals surface area contributed by atoms with Crippen molar-refractivity contribution in [2.45, 2.75) is 59.8 Å². The van der Waals surface area contributed by atoms with Gasteiger partial charge in [0, 0.05) is 55.4 Å². The number of hydrogen-bond acceptors (Lipinski definition) is 4. The van der Waals surface area contributed by atoms with E-state index in [9.17, 15) is 0 Å². The van der Waals surface area contributed by atoms with Crippen LogP contribution < -0.4 is 9.80 Å². The zero-order chi connectivity index (χ0) is 67.9. The number of fused-ring (bicyclic) bond motifs is 6. The van der Waals surface area contributed by atoms with Gasteiger partial charge in [0.05, 0.1) is 10.8 Å². The van der Waals surface area contributed by atoms with Crippen molar-refractivity contribution in [3.63, 3.8) is 0 Å². The molecule has 0 fully saturated rings. The first-order valence-electron chi connectivity index (χ1n) is 34.5. The molecule has 0 saturated heterocycles. The minimum Gasteiger partial charge on any atom is -0.310 e. The monoisotopic (exact) mass is 1320 g/mol. The third kappa shape index (κ3) is 11.4. The SMILES string of the molecule is C=Cc1ccc(CSc2ccc(C3(c4cc(C)ccc4C)c4ccccc4-c4ccc(N(c5ccccc5)c5ccc(-c6ccc(N(c7ccccc7)c7ccc8c(c7)C(c7ccc(SCc9ccc(C=C)cc9)cc7)(c7cc(C)ccc7C)c7ccccc7-8)cc6)cc5)cc43)cc2)cc1. The second-order valence-corrected chi connectivity index (χ2v) is 28.7. The van der Waals surface area contributed by atoms with E-state index in [2.05, 4.69) is 378 Å². The van der Waals surface area contributed by atoms with Crippen LogP contribution in [0.15, 0.2) is 351 Å². The zero-order valence-corrected chi connectivity index (χ0v) is 58.5. The van der Waals surface area contributed by atoms with E-state index in [-0.39, 0.29) is 0 Å². The van der Waals surface area contributed by atoms with Gasteiger partial charge in [0.25, 0.3) is 0 Å². The Morgan fingerprint density at radius 2 is 0.630 bits per heavy atom. The van der Waals surface area contributed by atoms with Crippen LogP contribution in [-0.2, 0) is 22.3 Å². The minimum absolute atomic E-state index is 0.597. The van der Waals surface area contributed by atoms with Crippen LogP contribution in [0.3, 0.4) is 0 Å². The van der Waals surface area contributed by atoms with Crippen LogP contribution in [0.25, 0.3) is 45.5 Å². The third-order valence-electron chi connectivity index (χ3n) is 20.6. The molecule has 14 aromatic rings. The number of anilines is 6. The van der Waals surface area contributed by atoms with Gasteiger partial charge in [0.1, 0.15) is 0 Å². The van der Waals surface area contributed by atoms with Gasteiger partial charge in [-0.2, -0.15) is 0 Å². The fourth-order valence-electron chi connectivity index (χ4n) is 15.7. The van der Waals surface area contributed by atoms with Crippen LogP contribution in [0.2, 0.25) is 0 Å². The predicted molar refractivity (Wildman–Crippen MR) is 427 cm³/mol. The molecule has 2 unspecified atom stereocenters. The first kappa shape index (κ1) is 63.6. The Kier molecular flexibility index (Phi) is 17.1. The summed E-state index contributed by atoms with van der Waals surface area (Å²) in [4.78, 5) is 7.33. The first-order valence-corrected chi connectivity index (χ1v) is 36.5. The van der Waals surface area contributed by atoms with Crippen molar-refractivity contribution >= 4 is 69.8 Å². The number of hydrogen-bond donors (Lipinski definition) is 0. The Bertz CT molecular complexity index is 5010. The van der Waals surface area contributed by atoms with E-state index in [0.29, 0.717) is 0 Å². The van der Waals surface area contributed by atoms with Crippen molar-refractivity contribution < 1.29 is 0 Å². The van der Waals surface area contributed by atoms with Crippen LogP contribution in [0.4, 0.5) is 34.1 Å². The highest BCUT2D eigenvalue weighted by molar-refractivity contribution is 7.98. The van der Waals surface area contributed by atoms with Crippen molar-refractivity contribution in [2.75, 3.05) is 9.80 Å². The van der Waals surface area contributed by atoms with Gasteiger partial charge in [0.15, 0.2) is 0 Å². The van der Waals surface area contributed by atoms with Crippen molar-refractivity contribution in [3.8, 4) is 33.4 Å². The fourth-order valence-corrected chi connectivity index (χ4v) is 17.4. The van der Waals surface area contributed by atoms with Gasteiger partial charge in [0.2, 0.25) is 0 Å². The van der Waals surface area contributed by atoms with E-state index < -0.39 is 10.8 Å². The maximum Gasteiger partial charge on any atom is 0.0716 e. The quantitative estimate of drug-likeness (QED) is 0.0744. The second-order valence-electron chi connectivity index (χ2n) is 26.6. The topological polar surface area (TPSA) is 6.48 Å². The van der Waals surface area contributed by atoms with E-state index in [1.165, 1.54) is 110 Å². The van der Waals surface area contributed by atoms with Crippen LogP contribution in [0, 0.1) is 27.7 Å². The summed E-state index contributed by atoms with van der Waals surface area (Å²) in [5.41, 5.74) is 32.8. The summed E-state index contributed by atoms with van der Waals surface area (Å²) in [6.07, 6.45) is 3.80. The minimum atomic E-state index is -0.597. The zero-order valence-electron chi connectivity index (χ0n) is 56.9. The molecule has 482 valence electrons. The average Bonchev–Trinajstić information content (AvgIpc) is 1.54. The highest BCUT2D eigenvalue weighted by Crippen LogP contribution is 2.60. The molecular formula is C96H76N2S2. The maximum atomic E-state index is 3.96. The summed E-state index contributed by atoms with van der Waals surface area (Å²) >= 11 is 3.75. The summed E-state index contributed by atoms with van der Waals surface area (Å²) in [6.45, 7) is 16.9. The molecule has 14 aromatic carbocycles. The van der Waals surface area contributed by atoms with Crippen molar-refractivity contribution in [1.29, 1.82) is 0 Å². The molecule has 100 heavy (non-hydrogen) atoms.